The fraction of sp³-hybridized carbons (Fsp3) is 0.471. The van der Waals surface area contributed by atoms with Gasteiger partial charge in [0.15, 0.2) is 0 Å². The Morgan fingerprint density at radius 2 is 1.60 bits per heavy atom. The molecule has 0 radical (unpaired) electrons. The van der Waals surface area contributed by atoms with Crippen molar-refractivity contribution in [2.24, 2.45) is 11.8 Å². The van der Waals surface area contributed by atoms with Crippen LogP contribution < -0.4 is 10.6 Å². The molecule has 1 aliphatic rings. The predicted molar refractivity (Wildman–Crippen MR) is 179 cm³/mol. The van der Waals surface area contributed by atoms with E-state index >= 15 is 0 Å². The third-order valence-electron chi connectivity index (χ3n) is 7.95. The van der Waals surface area contributed by atoms with Crippen LogP contribution in [0.2, 0.25) is 0 Å². The van der Waals surface area contributed by atoms with Crippen molar-refractivity contribution in [3.63, 3.8) is 0 Å². The average molecular weight is 734 g/mol. The number of nitrogens with one attached hydrogen (secondary N) is 2. The van der Waals surface area contributed by atoms with Crippen molar-refractivity contribution in [3.8, 4) is 11.5 Å². The summed E-state index contributed by atoms with van der Waals surface area (Å²) >= 11 is 1.99. The van der Waals surface area contributed by atoms with Crippen LogP contribution in [-0.2, 0) is 30.3 Å². The number of phenols is 2. The third-order valence-corrected chi connectivity index (χ3v) is 8.82. The van der Waals surface area contributed by atoms with Crippen molar-refractivity contribution < 1.29 is 34.1 Å². The van der Waals surface area contributed by atoms with Gasteiger partial charge in [-0.1, -0.05) is 43.7 Å². The topological polar surface area (TPSA) is 145 Å². The first kappa shape index (κ1) is 35.9. The van der Waals surface area contributed by atoms with Gasteiger partial charge in [-0.15, -0.1) is 0 Å². The summed E-state index contributed by atoms with van der Waals surface area (Å²) in [6.07, 6.45) is 2.68. The summed E-state index contributed by atoms with van der Waals surface area (Å²) in [5.41, 5.74) is 2.29. The van der Waals surface area contributed by atoms with Crippen LogP contribution in [0.25, 0.3) is 0 Å². The summed E-state index contributed by atoms with van der Waals surface area (Å²) in [5, 5.41) is 25.6. The number of esters is 1. The molecule has 2 aromatic carbocycles. The van der Waals surface area contributed by atoms with E-state index < -0.39 is 47.9 Å². The maximum atomic E-state index is 14.0. The molecule has 0 aromatic heterocycles. The van der Waals surface area contributed by atoms with Gasteiger partial charge in [0.2, 0.25) is 17.7 Å². The molecule has 1 aliphatic heterocycles. The van der Waals surface area contributed by atoms with Crippen molar-refractivity contribution in [1.29, 1.82) is 0 Å². The molecule has 3 rings (SSSR count). The maximum Gasteiger partial charge on any atom is 0.308 e. The molecule has 0 saturated carbocycles. The standard InChI is InChI=1S/C34H44IN3O7/c1-19-13-20(2)15-22(4)45-31(41)18-28(25-8-10-26(39)11-9-25)37-33(43)29(17-24-7-12-30(40)27(35)16-24)38(6)34(44)23(5)36-32(42)21(3)14-19/h7-13,16,20-23,28-29,39-40H,14-15,17-18H2,1-6H3,(H,36,42)(H,37,43)/b19-13+/t20-,21-,22-,23-,28+,29+/m0/s1. The summed E-state index contributed by atoms with van der Waals surface area (Å²) in [7, 11) is 1.51. The highest BCUT2D eigenvalue weighted by Crippen LogP contribution is 2.25. The molecule has 0 fully saturated rings. The van der Waals surface area contributed by atoms with Gasteiger partial charge >= 0.3 is 5.97 Å². The number of halogens is 1. The summed E-state index contributed by atoms with van der Waals surface area (Å²) in [4.78, 5) is 55.2. The van der Waals surface area contributed by atoms with Crippen LogP contribution in [0.5, 0.6) is 11.5 Å². The molecule has 2 aromatic rings. The van der Waals surface area contributed by atoms with Crippen molar-refractivity contribution in [1.82, 2.24) is 15.5 Å². The molecule has 0 bridgehead atoms. The van der Waals surface area contributed by atoms with E-state index in [-0.39, 0.29) is 36.2 Å². The van der Waals surface area contributed by atoms with E-state index in [1.165, 1.54) is 30.1 Å². The maximum absolute atomic E-state index is 14.0. The number of phenolic OH excluding ortho intramolecular Hbond substituents is 2. The van der Waals surface area contributed by atoms with Gasteiger partial charge in [-0.25, -0.2) is 0 Å². The van der Waals surface area contributed by atoms with Gasteiger partial charge in [0.1, 0.15) is 23.6 Å². The Kier molecular flexibility index (Phi) is 12.8. The fourth-order valence-electron chi connectivity index (χ4n) is 5.62. The zero-order valence-electron chi connectivity index (χ0n) is 26.7. The normalized spacial score (nSPS) is 27.6. The third kappa shape index (κ3) is 10.5. The van der Waals surface area contributed by atoms with E-state index in [1.807, 2.05) is 43.4 Å². The van der Waals surface area contributed by atoms with Gasteiger partial charge < -0.3 is 30.5 Å². The fourth-order valence-corrected chi connectivity index (χ4v) is 6.20. The number of likely N-dealkylation sites (N-methyl/N-ethyl adjacent to an activating group) is 1. The first-order chi connectivity index (χ1) is 21.1. The average Bonchev–Trinajstić information content (AvgIpc) is 2.95. The molecular weight excluding hydrogens is 689 g/mol. The van der Waals surface area contributed by atoms with E-state index in [0.29, 0.717) is 27.5 Å². The Labute approximate surface area is 278 Å². The molecule has 0 saturated heterocycles. The second-order valence-corrected chi connectivity index (χ2v) is 13.3. The second-order valence-electron chi connectivity index (χ2n) is 12.2. The van der Waals surface area contributed by atoms with E-state index in [1.54, 1.807) is 38.1 Å². The highest BCUT2D eigenvalue weighted by Gasteiger charge is 2.33. The van der Waals surface area contributed by atoms with Gasteiger partial charge in [0.25, 0.3) is 0 Å². The van der Waals surface area contributed by atoms with Crippen molar-refractivity contribution in [2.45, 2.75) is 84.5 Å². The minimum absolute atomic E-state index is 0.0326. The zero-order valence-corrected chi connectivity index (χ0v) is 28.8. The largest absolute Gasteiger partial charge is 0.508 e. The number of benzene rings is 2. The number of amides is 3. The number of hydrogen-bond acceptors (Lipinski definition) is 7. The van der Waals surface area contributed by atoms with Crippen molar-refractivity contribution in [3.05, 3.63) is 68.8 Å². The lowest BCUT2D eigenvalue weighted by Crippen LogP contribution is -2.55. The Morgan fingerprint density at radius 3 is 2.24 bits per heavy atom. The number of ether oxygens (including phenoxy) is 1. The molecule has 0 unspecified atom stereocenters. The highest BCUT2D eigenvalue weighted by atomic mass is 127. The van der Waals surface area contributed by atoms with Crippen LogP contribution in [0.15, 0.2) is 54.1 Å². The molecular formula is C34H44IN3O7. The van der Waals surface area contributed by atoms with Crippen LogP contribution in [0, 0.1) is 15.4 Å². The van der Waals surface area contributed by atoms with Crippen LogP contribution in [-0.4, -0.2) is 64.0 Å². The Morgan fingerprint density at radius 1 is 0.933 bits per heavy atom. The van der Waals surface area contributed by atoms with Crippen LogP contribution in [0.3, 0.4) is 0 Å². The number of aromatic hydroxyl groups is 2. The summed E-state index contributed by atoms with van der Waals surface area (Å²) in [6.45, 7) is 9.19. The summed E-state index contributed by atoms with van der Waals surface area (Å²) in [6, 6.07) is 8.36. The number of hydrogen-bond donors (Lipinski definition) is 4. The van der Waals surface area contributed by atoms with Gasteiger partial charge in [-0.2, -0.15) is 0 Å². The first-order valence-electron chi connectivity index (χ1n) is 15.1. The minimum atomic E-state index is -1.03. The summed E-state index contributed by atoms with van der Waals surface area (Å²) < 4.78 is 6.33. The molecule has 1 heterocycles. The quantitative estimate of drug-likeness (QED) is 0.202. The number of cyclic esters (lactones) is 1. The highest BCUT2D eigenvalue weighted by molar-refractivity contribution is 14.1. The number of rotatable bonds is 3. The van der Waals surface area contributed by atoms with E-state index in [9.17, 15) is 29.4 Å². The van der Waals surface area contributed by atoms with E-state index in [0.717, 1.165) is 5.57 Å². The number of allylic oxidation sites excluding steroid dienone is 2. The molecule has 10 nitrogen and oxygen atoms in total. The molecule has 45 heavy (non-hydrogen) atoms. The lowest BCUT2D eigenvalue weighted by molar-refractivity contribution is -0.149. The number of nitrogens with zero attached hydrogens (tertiary/aromatic N) is 1. The first-order valence-corrected chi connectivity index (χ1v) is 16.2. The SMILES string of the molecule is C/C1=C\[C@H](C)C[C@H](C)OC(=O)C[C@H](c2ccc(O)cc2)NC(=O)[C@@H](Cc2ccc(O)c(I)c2)N(C)C(=O)[C@H](C)NC(=O)[C@@H](C)C1. The van der Waals surface area contributed by atoms with Gasteiger partial charge in [-0.3, -0.25) is 19.2 Å². The monoisotopic (exact) mass is 733 g/mol. The zero-order chi connectivity index (χ0) is 33.4. The van der Waals surface area contributed by atoms with Gasteiger partial charge in [0.05, 0.1) is 22.1 Å². The Hall–Kier alpha value is -3.61. The minimum Gasteiger partial charge on any atom is -0.508 e. The number of carbonyl (C=O) groups excluding carboxylic acids is 4. The molecule has 6 atom stereocenters. The Bertz CT molecular complexity index is 1410. The lowest BCUT2D eigenvalue weighted by atomic mass is 9.95. The molecule has 0 spiro atoms. The van der Waals surface area contributed by atoms with Crippen LogP contribution >= 0.6 is 22.6 Å². The van der Waals surface area contributed by atoms with Gasteiger partial charge in [-0.05, 0) is 97.5 Å². The molecule has 4 N–H and O–H groups in total. The molecule has 0 aliphatic carbocycles. The number of carbonyl (C=O) groups is 4. The predicted octanol–water partition coefficient (Wildman–Crippen LogP) is 4.77. The van der Waals surface area contributed by atoms with Crippen LogP contribution in [0.1, 0.15) is 71.0 Å². The van der Waals surface area contributed by atoms with E-state index in [4.69, 9.17) is 4.74 Å². The van der Waals surface area contributed by atoms with Crippen LogP contribution in [0.4, 0.5) is 0 Å². The molecule has 3 amide bonds. The van der Waals surface area contributed by atoms with Crippen molar-refractivity contribution >= 4 is 46.3 Å². The van der Waals surface area contributed by atoms with Gasteiger partial charge in [0, 0.05) is 19.4 Å². The lowest BCUT2D eigenvalue weighted by Gasteiger charge is -2.32. The van der Waals surface area contributed by atoms with E-state index in [2.05, 4.69) is 16.7 Å². The molecule has 11 heteroatoms. The summed E-state index contributed by atoms with van der Waals surface area (Å²) in [5.74, 6) is -1.94. The Balaban J connectivity index is 2.03. The smallest absolute Gasteiger partial charge is 0.308 e. The molecule has 244 valence electrons. The second kappa shape index (κ2) is 16.1. The van der Waals surface area contributed by atoms with Crippen molar-refractivity contribution in [2.75, 3.05) is 7.05 Å².